The van der Waals surface area contributed by atoms with Gasteiger partial charge in [0, 0.05) is 17.3 Å². The van der Waals surface area contributed by atoms with Crippen LogP contribution in [0.5, 0.6) is 0 Å². The zero-order valence-electron chi connectivity index (χ0n) is 8.88. The van der Waals surface area contributed by atoms with Gasteiger partial charge in [-0.05, 0) is 18.2 Å². The van der Waals surface area contributed by atoms with E-state index in [-0.39, 0.29) is 10.6 Å². The number of hydrogen-bond acceptors (Lipinski definition) is 4. The highest BCUT2D eigenvalue weighted by Gasteiger charge is 2.12. The summed E-state index contributed by atoms with van der Waals surface area (Å²) < 4.78 is 13.2. The summed E-state index contributed by atoms with van der Waals surface area (Å²) in [6.45, 7) is 0. The normalized spacial score (nSPS) is 10.3. The maximum Gasteiger partial charge on any atom is 0.338 e. The van der Waals surface area contributed by atoms with Gasteiger partial charge in [0.05, 0.1) is 5.56 Å². The Morgan fingerprint density at radius 3 is 2.89 bits per heavy atom. The number of benzene rings is 1. The zero-order chi connectivity index (χ0) is 13.1. The molecule has 0 bridgehead atoms. The molecule has 0 atom stereocenters. The van der Waals surface area contributed by atoms with Crippen LogP contribution in [0.4, 0.5) is 4.39 Å². The van der Waals surface area contributed by atoms with E-state index in [4.69, 9.17) is 5.11 Å². The van der Waals surface area contributed by atoms with Gasteiger partial charge in [-0.3, -0.25) is 4.79 Å². The molecular weight excluding hydrogens is 259 g/mol. The van der Waals surface area contributed by atoms with Gasteiger partial charge >= 0.3 is 5.97 Å². The highest BCUT2D eigenvalue weighted by molar-refractivity contribution is 7.99. The van der Waals surface area contributed by atoms with Crippen LogP contribution in [0.1, 0.15) is 10.4 Å². The first-order chi connectivity index (χ1) is 8.58. The first-order valence-electron chi connectivity index (χ1n) is 4.82. The van der Waals surface area contributed by atoms with Crippen molar-refractivity contribution >= 4 is 17.7 Å². The first-order valence-corrected chi connectivity index (χ1v) is 5.64. The summed E-state index contributed by atoms with van der Waals surface area (Å²) in [5.74, 6) is -2.17. The number of rotatable bonds is 3. The van der Waals surface area contributed by atoms with Crippen LogP contribution in [0.25, 0.3) is 0 Å². The molecule has 7 heteroatoms. The highest BCUT2D eigenvalue weighted by Crippen LogP contribution is 2.25. The van der Waals surface area contributed by atoms with Crippen LogP contribution in [-0.2, 0) is 0 Å². The van der Waals surface area contributed by atoms with Crippen LogP contribution in [0.15, 0.2) is 45.3 Å². The van der Waals surface area contributed by atoms with E-state index < -0.39 is 17.3 Å². The molecule has 92 valence electrons. The lowest BCUT2D eigenvalue weighted by Crippen LogP contribution is -2.08. The van der Waals surface area contributed by atoms with Gasteiger partial charge in [-0.2, -0.15) is 0 Å². The van der Waals surface area contributed by atoms with Gasteiger partial charge in [-0.1, -0.05) is 11.8 Å². The molecule has 2 N–H and O–H groups in total. The SMILES string of the molecule is O=C(O)c1cc(Sc2ncc[nH]c2=O)ccc1F. The molecule has 0 unspecified atom stereocenters. The molecule has 1 aromatic carbocycles. The minimum atomic E-state index is -1.36. The number of carboxylic acid groups (broad SMARTS) is 1. The van der Waals surface area contributed by atoms with E-state index in [2.05, 4.69) is 9.97 Å². The molecule has 1 aromatic heterocycles. The summed E-state index contributed by atoms with van der Waals surface area (Å²) >= 11 is 0.970. The summed E-state index contributed by atoms with van der Waals surface area (Å²) in [6, 6.07) is 3.60. The van der Waals surface area contributed by atoms with Crippen molar-refractivity contribution in [3.05, 3.63) is 52.3 Å². The van der Waals surface area contributed by atoms with Crippen LogP contribution in [-0.4, -0.2) is 21.0 Å². The molecule has 18 heavy (non-hydrogen) atoms. The Morgan fingerprint density at radius 2 is 2.22 bits per heavy atom. The van der Waals surface area contributed by atoms with E-state index in [1.807, 2.05) is 0 Å². The number of hydrogen-bond donors (Lipinski definition) is 2. The number of halogens is 1. The fourth-order valence-corrected chi connectivity index (χ4v) is 2.06. The lowest BCUT2D eigenvalue weighted by Gasteiger charge is -2.02. The molecule has 0 amide bonds. The molecule has 0 radical (unpaired) electrons. The largest absolute Gasteiger partial charge is 0.478 e. The molecule has 0 spiro atoms. The average molecular weight is 266 g/mol. The maximum atomic E-state index is 13.2. The lowest BCUT2D eigenvalue weighted by atomic mass is 10.2. The fraction of sp³-hybridized carbons (Fsp3) is 0. The van der Waals surface area contributed by atoms with Gasteiger partial charge in [-0.15, -0.1) is 0 Å². The zero-order valence-corrected chi connectivity index (χ0v) is 9.70. The third-order valence-corrected chi connectivity index (χ3v) is 3.03. The third kappa shape index (κ3) is 2.57. The molecule has 5 nitrogen and oxygen atoms in total. The van der Waals surface area contributed by atoms with Crippen molar-refractivity contribution < 1.29 is 14.3 Å². The van der Waals surface area contributed by atoms with Gasteiger partial charge in [0.2, 0.25) is 0 Å². The van der Waals surface area contributed by atoms with Gasteiger partial charge < -0.3 is 10.1 Å². The van der Waals surface area contributed by atoms with E-state index in [0.29, 0.717) is 4.90 Å². The summed E-state index contributed by atoms with van der Waals surface area (Å²) in [7, 11) is 0. The van der Waals surface area contributed by atoms with Crippen molar-refractivity contribution in [2.24, 2.45) is 0 Å². The third-order valence-electron chi connectivity index (χ3n) is 2.06. The van der Waals surface area contributed by atoms with Crippen LogP contribution < -0.4 is 5.56 Å². The number of carbonyl (C=O) groups is 1. The predicted molar refractivity (Wildman–Crippen MR) is 62.3 cm³/mol. The summed E-state index contributed by atoms with van der Waals surface area (Å²) in [6.07, 6.45) is 2.80. The Kier molecular flexibility index (Phi) is 3.42. The number of aromatic nitrogens is 2. The Bertz CT molecular complexity index is 657. The maximum absolute atomic E-state index is 13.2. The molecule has 1 heterocycles. The molecule has 0 aliphatic heterocycles. The second-order valence-electron chi connectivity index (χ2n) is 3.27. The van der Waals surface area contributed by atoms with E-state index in [1.54, 1.807) is 0 Å². The molecular formula is C11H7FN2O3S. The molecule has 0 saturated carbocycles. The van der Waals surface area contributed by atoms with E-state index in [9.17, 15) is 14.0 Å². The number of nitrogens with zero attached hydrogens (tertiary/aromatic N) is 1. The highest BCUT2D eigenvalue weighted by atomic mass is 32.2. The summed E-state index contributed by atoms with van der Waals surface area (Å²) in [4.78, 5) is 28.9. The molecule has 2 aromatic rings. The average Bonchev–Trinajstić information content (AvgIpc) is 2.34. The smallest absolute Gasteiger partial charge is 0.338 e. The Balaban J connectivity index is 2.36. The number of aromatic amines is 1. The minimum absolute atomic E-state index is 0.167. The predicted octanol–water partition coefficient (Wildman–Crippen LogP) is 1.76. The lowest BCUT2D eigenvalue weighted by molar-refractivity contribution is 0.0691. The van der Waals surface area contributed by atoms with Gasteiger partial charge in [-0.25, -0.2) is 14.2 Å². The quantitative estimate of drug-likeness (QED) is 0.884. The van der Waals surface area contributed by atoms with Gasteiger partial charge in [0.1, 0.15) is 5.82 Å². The van der Waals surface area contributed by atoms with Crippen molar-refractivity contribution in [1.82, 2.24) is 9.97 Å². The monoisotopic (exact) mass is 266 g/mol. The van der Waals surface area contributed by atoms with Crippen molar-refractivity contribution in [2.45, 2.75) is 9.92 Å². The molecule has 0 fully saturated rings. The Morgan fingerprint density at radius 1 is 1.44 bits per heavy atom. The Labute approximate surface area is 105 Å². The van der Waals surface area contributed by atoms with Crippen LogP contribution in [0.3, 0.4) is 0 Å². The van der Waals surface area contributed by atoms with Crippen molar-refractivity contribution in [1.29, 1.82) is 0 Å². The Hall–Kier alpha value is -2.15. The molecule has 0 aliphatic carbocycles. The van der Waals surface area contributed by atoms with E-state index in [0.717, 1.165) is 23.9 Å². The minimum Gasteiger partial charge on any atom is -0.478 e. The molecule has 0 aliphatic rings. The van der Waals surface area contributed by atoms with E-state index in [1.165, 1.54) is 18.5 Å². The summed E-state index contributed by atoms with van der Waals surface area (Å²) in [5, 5.41) is 8.95. The summed E-state index contributed by atoms with van der Waals surface area (Å²) in [5.41, 5.74) is -0.823. The first kappa shape index (κ1) is 12.3. The van der Waals surface area contributed by atoms with Gasteiger partial charge in [0.15, 0.2) is 5.03 Å². The molecule has 2 rings (SSSR count). The fourth-order valence-electron chi connectivity index (χ4n) is 1.25. The second kappa shape index (κ2) is 5.01. The number of carboxylic acids is 1. The van der Waals surface area contributed by atoms with Gasteiger partial charge in [0.25, 0.3) is 5.56 Å². The molecule has 0 saturated heterocycles. The van der Waals surface area contributed by atoms with Crippen LogP contribution in [0.2, 0.25) is 0 Å². The second-order valence-corrected chi connectivity index (χ2v) is 4.33. The number of nitrogens with one attached hydrogen (secondary N) is 1. The van der Waals surface area contributed by atoms with Crippen LogP contribution >= 0.6 is 11.8 Å². The number of H-pyrrole nitrogens is 1. The van der Waals surface area contributed by atoms with Crippen molar-refractivity contribution in [3.63, 3.8) is 0 Å². The topological polar surface area (TPSA) is 83.0 Å². The van der Waals surface area contributed by atoms with E-state index >= 15 is 0 Å². The standard InChI is InChI=1S/C11H7FN2O3S/c12-8-2-1-6(5-7(8)11(16)17)18-10-9(15)13-3-4-14-10/h1-5H,(H,13,15)(H,16,17). The van der Waals surface area contributed by atoms with Crippen LogP contribution in [0, 0.1) is 5.82 Å². The van der Waals surface area contributed by atoms with Crippen molar-refractivity contribution in [3.8, 4) is 0 Å². The number of aromatic carboxylic acids is 1. The van der Waals surface area contributed by atoms with Crippen molar-refractivity contribution in [2.75, 3.05) is 0 Å².